The van der Waals surface area contributed by atoms with Crippen molar-refractivity contribution in [2.45, 2.75) is 71.1 Å². The van der Waals surface area contributed by atoms with Crippen LogP contribution in [0.15, 0.2) is 48.9 Å². The van der Waals surface area contributed by atoms with Crippen molar-refractivity contribution in [2.24, 2.45) is 5.92 Å². The van der Waals surface area contributed by atoms with Crippen LogP contribution in [0, 0.1) is 5.92 Å². The number of amides is 2. The Balaban J connectivity index is 1.80. The Hall–Kier alpha value is -3.80. The summed E-state index contributed by atoms with van der Waals surface area (Å²) in [5.41, 5.74) is 0.887. The molecule has 1 saturated heterocycles. The Bertz CT molecular complexity index is 1100. The normalized spacial score (nSPS) is 16.9. The second kappa shape index (κ2) is 13.7. The second-order valence-corrected chi connectivity index (χ2v) is 9.72. The molecule has 0 spiro atoms. The molecule has 2 N–H and O–H groups in total. The van der Waals surface area contributed by atoms with Gasteiger partial charge in [-0.05, 0) is 31.7 Å². The second-order valence-electron chi connectivity index (χ2n) is 9.72. The number of carbonyl (C=O) groups is 4. The molecule has 0 radical (unpaired) electrons. The maximum Gasteiger partial charge on any atom is 0.551 e. The average Bonchev–Trinajstić information content (AvgIpc) is 2.88. The van der Waals surface area contributed by atoms with E-state index in [2.05, 4.69) is 20.6 Å². The Kier molecular flexibility index (Phi) is 10.3. The molecule has 11 nitrogen and oxygen atoms in total. The molecule has 0 aliphatic carbocycles. The van der Waals surface area contributed by atoms with Gasteiger partial charge in [-0.2, -0.15) is 0 Å². The summed E-state index contributed by atoms with van der Waals surface area (Å²) >= 11 is 0. The lowest BCUT2D eigenvalue weighted by Gasteiger charge is -2.32. The van der Waals surface area contributed by atoms with E-state index in [1.54, 1.807) is 13.8 Å². The lowest BCUT2D eigenvalue weighted by atomic mass is 9.72. The number of nitrogens with one attached hydrogen (secondary N) is 2. The molecule has 3 atom stereocenters. The molecule has 12 heteroatoms. The summed E-state index contributed by atoms with van der Waals surface area (Å²) in [5.74, 6) is -3.09. The summed E-state index contributed by atoms with van der Waals surface area (Å²) < 4.78 is 16.4. The number of aromatic nitrogens is 2. The van der Waals surface area contributed by atoms with Gasteiger partial charge in [-0.1, -0.05) is 44.2 Å². The van der Waals surface area contributed by atoms with Crippen LogP contribution in [0.2, 0.25) is 0 Å². The number of carbonyl (C=O) groups excluding carboxylic acids is 4. The largest absolute Gasteiger partial charge is 0.551 e. The van der Waals surface area contributed by atoms with Crippen molar-refractivity contribution < 1.29 is 33.2 Å². The van der Waals surface area contributed by atoms with Crippen molar-refractivity contribution in [2.75, 3.05) is 0 Å². The van der Waals surface area contributed by atoms with Crippen LogP contribution in [0.1, 0.15) is 56.6 Å². The van der Waals surface area contributed by atoms with E-state index in [4.69, 9.17) is 14.0 Å². The molecule has 1 aliphatic rings. The molecule has 202 valence electrons. The minimum atomic E-state index is -1.21. The lowest BCUT2D eigenvalue weighted by molar-refractivity contribution is -0.165. The molecular formula is C26H33BN4O7. The van der Waals surface area contributed by atoms with Gasteiger partial charge in [0.05, 0.1) is 24.7 Å². The van der Waals surface area contributed by atoms with Crippen LogP contribution in [-0.2, 0) is 34.9 Å². The van der Waals surface area contributed by atoms with Gasteiger partial charge in [-0.3, -0.25) is 19.4 Å². The van der Waals surface area contributed by atoms with Crippen LogP contribution in [0.3, 0.4) is 0 Å². The summed E-state index contributed by atoms with van der Waals surface area (Å²) in [5, 5.41) is 5.60. The summed E-state index contributed by atoms with van der Waals surface area (Å²) in [6, 6.07) is 8.23. The molecule has 1 aromatic carbocycles. The Morgan fingerprint density at radius 3 is 2.47 bits per heavy atom. The van der Waals surface area contributed by atoms with E-state index in [0.717, 1.165) is 5.56 Å². The zero-order valence-corrected chi connectivity index (χ0v) is 22.0. The van der Waals surface area contributed by atoms with Crippen LogP contribution in [-0.4, -0.2) is 65.0 Å². The zero-order valence-electron chi connectivity index (χ0n) is 22.0. The monoisotopic (exact) mass is 524 g/mol. The number of benzene rings is 1. The summed E-state index contributed by atoms with van der Waals surface area (Å²) in [4.78, 5) is 59.0. The van der Waals surface area contributed by atoms with Crippen molar-refractivity contribution in [3.05, 3.63) is 60.2 Å². The Morgan fingerprint density at radius 2 is 1.84 bits per heavy atom. The molecule has 1 aliphatic heterocycles. The van der Waals surface area contributed by atoms with E-state index < -0.39 is 49.0 Å². The van der Waals surface area contributed by atoms with Crippen molar-refractivity contribution in [3.8, 4) is 0 Å². The molecule has 1 fully saturated rings. The van der Waals surface area contributed by atoms with Gasteiger partial charge >= 0.3 is 13.1 Å². The summed E-state index contributed by atoms with van der Waals surface area (Å²) in [7, 11) is -1.21. The fourth-order valence-corrected chi connectivity index (χ4v) is 3.93. The topological polar surface area (TPSA) is 146 Å². The van der Waals surface area contributed by atoms with Crippen molar-refractivity contribution in [1.29, 1.82) is 0 Å². The predicted octanol–water partition coefficient (Wildman–Crippen LogP) is 1.66. The van der Waals surface area contributed by atoms with Gasteiger partial charge in [-0.25, -0.2) is 9.78 Å². The quantitative estimate of drug-likeness (QED) is 0.331. The fraction of sp³-hybridized carbons (Fsp3) is 0.462. The third kappa shape index (κ3) is 8.65. The van der Waals surface area contributed by atoms with Gasteiger partial charge in [0.25, 0.3) is 11.9 Å². The molecule has 0 bridgehead atoms. The highest BCUT2D eigenvalue weighted by atomic mass is 16.7. The van der Waals surface area contributed by atoms with Gasteiger partial charge in [0.1, 0.15) is 11.7 Å². The standard InChI is InChI=1S/C26H33BN4O7/c1-16(2)12-22(27-37-21(14-23(32)38-27)26(35)36-17(3)4)31-24(33)19(13-18-8-6-5-7-9-18)30-25(34)20-15-28-10-11-29-20/h5-11,15-17,19,21-22H,12-14H2,1-4H3,(H,30,34)(H,31,33)/t19-,21+,22-/m0/s1. The highest BCUT2D eigenvalue weighted by molar-refractivity contribution is 6.50. The zero-order chi connectivity index (χ0) is 27.7. The average molecular weight is 524 g/mol. The number of hydrogen-bond donors (Lipinski definition) is 2. The number of rotatable bonds is 11. The summed E-state index contributed by atoms with van der Waals surface area (Å²) in [6.45, 7) is 7.26. The Morgan fingerprint density at radius 1 is 1.11 bits per heavy atom. The fourth-order valence-electron chi connectivity index (χ4n) is 3.93. The number of ether oxygens (including phenoxy) is 1. The molecule has 2 heterocycles. The van der Waals surface area contributed by atoms with Crippen LogP contribution < -0.4 is 10.6 Å². The first-order chi connectivity index (χ1) is 18.1. The first-order valence-corrected chi connectivity index (χ1v) is 12.6. The van der Waals surface area contributed by atoms with Crippen molar-refractivity contribution >= 4 is 30.9 Å². The SMILES string of the molecule is CC(C)C[C@H](NC(=O)[C@H](Cc1ccccc1)NC(=O)c1cnccn1)B1OC(=O)C[C@H](C(=O)OC(C)C)O1. The van der Waals surface area contributed by atoms with E-state index in [0.29, 0.717) is 6.42 Å². The minimum absolute atomic E-state index is 0.0631. The molecular weight excluding hydrogens is 491 g/mol. The maximum atomic E-state index is 13.5. The molecule has 2 amide bonds. The van der Waals surface area contributed by atoms with Gasteiger partial charge in [0.2, 0.25) is 5.91 Å². The van der Waals surface area contributed by atoms with Gasteiger partial charge in [0, 0.05) is 18.8 Å². The van der Waals surface area contributed by atoms with Gasteiger partial charge in [0.15, 0.2) is 6.10 Å². The van der Waals surface area contributed by atoms with E-state index >= 15 is 0 Å². The first kappa shape index (κ1) is 28.8. The van der Waals surface area contributed by atoms with Crippen LogP contribution in [0.5, 0.6) is 0 Å². The van der Waals surface area contributed by atoms with Gasteiger partial charge < -0.3 is 24.7 Å². The van der Waals surface area contributed by atoms with E-state index in [9.17, 15) is 19.2 Å². The number of esters is 1. The first-order valence-electron chi connectivity index (χ1n) is 12.6. The van der Waals surface area contributed by atoms with Crippen LogP contribution in [0.25, 0.3) is 0 Å². The minimum Gasteiger partial charge on any atom is -0.508 e. The van der Waals surface area contributed by atoms with Crippen LogP contribution in [0.4, 0.5) is 0 Å². The third-order valence-electron chi connectivity index (χ3n) is 5.59. The molecule has 0 unspecified atom stereocenters. The van der Waals surface area contributed by atoms with Gasteiger partial charge in [-0.15, -0.1) is 0 Å². The Labute approximate surface area is 222 Å². The smallest absolute Gasteiger partial charge is 0.508 e. The highest BCUT2D eigenvalue weighted by Crippen LogP contribution is 2.19. The molecule has 1 aromatic heterocycles. The lowest BCUT2D eigenvalue weighted by Crippen LogP contribution is -2.59. The molecule has 3 rings (SSSR count). The van der Waals surface area contributed by atoms with E-state index in [1.165, 1.54) is 18.6 Å². The van der Waals surface area contributed by atoms with Crippen LogP contribution >= 0.6 is 0 Å². The van der Waals surface area contributed by atoms with Crippen molar-refractivity contribution in [3.63, 3.8) is 0 Å². The van der Waals surface area contributed by atoms with E-state index in [-0.39, 0.29) is 30.6 Å². The molecule has 2 aromatic rings. The predicted molar refractivity (Wildman–Crippen MR) is 137 cm³/mol. The summed E-state index contributed by atoms with van der Waals surface area (Å²) in [6.07, 6.45) is 2.90. The molecule has 38 heavy (non-hydrogen) atoms. The molecule has 0 saturated carbocycles. The number of nitrogens with zero attached hydrogens (tertiary/aromatic N) is 2. The van der Waals surface area contributed by atoms with E-state index in [1.807, 2.05) is 44.2 Å². The third-order valence-corrected chi connectivity index (χ3v) is 5.59. The maximum absolute atomic E-state index is 13.5. The number of hydrogen-bond acceptors (Lipinski definition) is 9. The van der Waals surface area contributed by atoms with Crippen molar-refractivity contribution in [1.82, 2.24) is 20.6 Å². The highest BCUT2D eigenvalue weighted by Gasteiger charge is 2.45.